The summed E-state index contributed by atoms with van der Waals surface area (Å²) in [6.07, 6.45) is 0.234. The molecule has 13 nitrogen and oxygen atoms in total. The molecule has 0 amide bonds. The van der Waals surface area contributed by atoms with E-state index >= 15 is 0 Å². The van der Waals surface area contributed by atoms with E-state index in [0.29, 0.717) is 24.9 Å². The lowest BCUT2D eigenvalue weighted by molar-refractivity contribution is -0.303. The molecule has 190 valence electrons. The fourth-order valence-electron chi connectivity index (χ4n) is 5.11. The smallest absolute Gasteiger partial charge is 0.335 e. The first-order valence-electron chi connectivity index (χ1n) is 11.6. The second-order valence-corrected chi connectivity index (χ2v) is 9.17. The molecule has 4 heterocycles. The van der Waals surface area contributed by atoms with Gasteiger partial charge in [-0.3, -0.25) is 4.68 Å². The number of H-pyrrole nitrogens is 1. The number of hydrogen-bond acceptors (Lipinski definition) is 10. The number of nitriles is 1. The number of ether oxygens (including phenoxy) is 2. The summed E-state index contributed by atoms with van der Waals surface area (Å²) in [6, 6.07) is 3.88. The molecule has 3 aromatic heterocycles. The molecule has 1 aliphatic heterocycles. The van der Waals surface area contributed by atoms with E-state index in [1.807, 2.05) is 12.3 Å². The van der Waals surface area contributed by atoms with E-state index in [0.717, 1.165) is 16.6 Å². The van der Waals surface area contributed by atoms with Crippen molar-refractivity contribution in [1.29, 1.82) is 5.26 Å². The van der Waals surface area contributed by atoms with Gasteiger partial charge in [0.25, 0.3) is 0 Å². The van der Waals surface area contributed by atoms with Crippen LogP contribution in [-0.4, -0.2) is 87.9 Å². The SMILES string of the molecule is N#CCC(C1CCC(OC2OC(C(=O)O)C(O)C(O)C2O)C1)n1cc(-c2ncnc3[nH]ccc23)cn1. The Bertz CT molecular complexity index is 1270. The van der Waals surface area contributed by atoms with Crippen LogP contribution in [0.2, 0.25) is 0 Å². The Kier molecular flexibility index (Phi) is 6.69. The molecule has 0 bridgehead atoms. The molecule has 8 atom stereocenters. The van der Waals surface area contributed by atoms with Crippen LogP contribution in [0.25, 0.3) is 22.3 Å². The second kappa shape index (κ2) is 9.92. The lowest BCUT2D eigenvalue weighted by Crippen LogP contribution is -2.60. The maximum atomic E-state index is 11.3. The van der Waals surface area contributed by atoms with E-state index in [9.17, 15) is 30.5 Å². The van der Waals surface area contributed by atoms with E-state index in [1.165, 1.54) is 6.33 Å². The van der Waals surface area contributed by atoms with Crippen LogP contribution < -0.4 is 0 Å². The third-order valence-corrected chi connectivity index (χ3v) is 6.98. The molecule has 0 aromatic carbocycles. The highest BCUT2D eigenvalue weighted by Gasteiger charge is 2.48. The summed E-state index contributed by atoms with van der Waals surface area (Å²) in [5, 5.41) is 54.3. The van der Waals surface area contributed by atoms with Gasteiger partial charge in [-0.1, -0.05) is 0 Å². The Morgan fingerprint density at radius 3 is 2.89 bits per heavy atom. The number of hydrogen-bond donors (Lipinski definition) is 5. The number of rotatable bonds is 7. The number of aromatic nitrogens is 5. The second-order valence-electron chi connectivity index (χ2n) is 9.17. The van der Waals surface area contributed by atoms with Crippen LogP contribution in [0.15, 0.2) is 31.0 Å². The Morgan fingerprint density at radius 2 is 2.11 bits per heavy atom. The van der Waals surface area contributed by atoms with Crippen LogP contribution in [0.1, 0.15) is 31.7 Å². The maximum absolute atomic E-state index is 11.3. The highest BCUT2D eigenvalue weighted by molar-refractivity contribution is 5.89. The van der Waals surface area contributed by atoms with Gasteiger partial charge in [0.05, 0.1) is 36.5 Å². The van der Waals surface area contributed by atoms with Crippen LogP contribution in [-0.2, 0) is 14.3 Å². The van der Waals surface area contributed by atoms with Crippen molar-refractivity contribution in [2.75, 3.05) is 0 Å². The van der Waals surface area contributed by atoms with Gasteiger partial charge in [-0.15, -0.1) is 0 Å². The molecule has 5 N–H and O–H groups in total. The molecular weight excluding hydrogens is 472 g/mol. The minimum absolute atomic E-state index is 0.0200. The van der Waals surface area contributed by atoms with E-state index in [2.05, 4.69) is 26.1 Å². The molecule has 3 aromatic rings. The average molecular weight is 498 g/mol. The van der Waals surface area contributed by atoms with Gasteiger partial charge in [0.1, 0.15) is 30.3 Å². The van der Waals surface area contributed by atoms with Gasteiger partial charge < -0.3 is 34.9 Å². The molecule has 2 fully saturated rings. The zero-order chi connectivity index (χ0) is 25.4. The zero-order valence-electron chi connectivity index (χ0n) is 19.1. The number of fused-ring (bicyclic) bond motifs is 1. The predicted molar refractivity (Wildman–Crippen MR) is 121 cm³/mol. The minimum Gasteiger partial charge on any atom is -0.479 e. The van der Waals surface area contributed by atoms with Crippen molar-refractivity contribution < 1.29 is 34.7 Å². The quantitative estimate of drug-likeness (QED) is 0.301. The average Bonchev–Trinajstić information content (AvgIpc) is 3.63. The van der Waals surface area contributed by atoms with Crippen LogP contribution in [0.4, 0.5) is 0 Å². The highest BCUT2D eigenvalue weighted by atomic mass is 16.7. The molecule has 8 unspecified atom stereocenters. The molecule has 0 radical (unpaired) electrons. The van der Waals surface area contributed by atoms with Gasteiger partial charge in [-0.05, 0) is 31.2 Å². The normalized spacial score (nSPS) is 31.3. The molecule has 0 spiro atoms. The summed E-state index contributed by atoms with van der Waals surface area (Å²) in [7, 11) is 0. The van der Waals surface area contributed by atoms with Crippen LogP contribution in [0.5, 0.6) is 0 Å². The lowest BCUT2D eigenvalue weighted by Gasteiger charge is -2.39. The zero-order valence-corrected chi connectivity index (χ0v) is 19.1. The number of nitrogens with zero attached hydrogens (tertiary/aromatic N) is 5. The van der Waals surface area contributed by atoms with Crippen molar-refractivity contribution in [3.63, 3.8) is 0 Å². The first-order valence-corrected chi connectivity index (χ1v) is 11.6. The van der Waals surface area contributed by atoms with E-state index in [4.69, 9.17) is 9.47 Å². The van der Waals surface area contributed by atoms with Crippen molar-refractivity contribution in [2.24, 2.45) is 5.92 Å². The summed E-state index contributed by atoms with van der Waals surface area (Å²) in [5.74, 6) is -1.44. The van der Waals surface area contributed by atoms with E-state index in [-0.39, 0.29) is 18.4 Å². The maximum Gasteiger partial charge on any atom is 0.335 e. The highest BCUT2D eigenvalue weighted by Crippen LogP contribution is 2.39. The molecule has 13 heteroatoms. The molecule has 1 aliphatic carbocycles. The fraction of sp³-hybridized carbons (Fsp3) is 0.522. The largest absolute Gasteiger partial charge is 0.479 e. The van der Waals surface area contributed by atoms with Gasteiger partial charge in [0.15, 0.2) is 12.4 Å². The predicted octanol–water partition coefficient (Wildman–Crippen LogP) is 0.354. The third-order valence-electron chi connectivity index (χ3n) is 6.98. The minimum atomic E-state index is -1.77. The number of aliphatic hydroxyl groups is 3. The van der Waals surface area contributed by atoms with Gasteiger partial charge in [-0.2, -0.15) is 10.4 Å². The van der Waals surface area contributed by atoms with Crippen LogP contribution in [0.3, 0.4) is 0 Å². The van der Waals surface area contributed by atoms with E-state index in [1.54, 1.807) is 17.1 Å². The number of carboxylic acids is 1. The third kappa shape index (κ3) is 4.45. The van der Waals surface area contributed by atoms with Crippen molar-refractivity contribution >= 4 is 17.0 Å². The monoisotopic (exact) mass is 498 g/mol. The summed E-state index contributed by atoms with van der Waals surface area (Å²) in [6.45, 7) is 0. The van der Waals surface area contributed by atoms with E-state index < -0.39 is 42.8 Å². The molecule has 36 heavy (non-hydrogen) atoms. The summed E-state index contributed by atoms with van der Waals surface area (Å²) in [4.78, 5) is 23.0. The number of aliphatic carboxylic acids is 1. The lowest BCUT2D eigenvalue weighted by atomic mass is 9.95. The topological polar surface area (TPSA) is 200 Å². The fourth-order valence-corrected chi connectivity index (χ4v) is 5.11. The number of nitrogens with one attached hydrogen (secondary N) is 1. The summed E-state index contributed by atoms with van der Waals surface area (Å²) in [5.41, 5.74) is 2.24. The van der Waals surface area contributed by atoms with Gasteiger partial charge in [0, 0.05) is 23.3 Å². The number of carboxylic acid groups (broad SMARTS) is 1. The molecule has 5 rings (SSSR count). The first-order chi connectivity index (χ1) is 17.4. The van der Waals surface area contributed by atoms with Gasteiger partial charge in [0.2, 0.25) is 0 Å². The molecule has 2 aliphatic rings. The first kappa shape index (κ1) is 24.3. The van der Waals surface area contributed by atoms with Crippen molar-refractivity contribution in [1.82, 2.24) is 24.7 Å². The van der Waals surface area contributed by atoms with Crippen molar-refractivity contribution in [2.45, 2.75) is 68.5 Å². The van der Waals surface area contributed by atoms with Gasteiger partial charge in [-0.25, -0.2) is 14.8 Å². The number of aliphatic hydroxyl groups excluding tert-OH is 3. The van der Waals surface area contributed by atoms with Crippen molar-refractivity contribution in [3.8, 4) is 17.3 Å². The molecule has 1 saturated heterocycles. The Labute approximate surface area is 204 Å². The number of carbonyl (C=O) groups is 1. The van der Waals surface area contributed by atoms with Crippen molar-refractivity contribution in [3.05, 3.63) is 31.0 Å². The van der Waals surface area contributed by atoms with Crippen LogP contribution >= 0.6 is 0 Å². The Hall–Kier alpha value is -3.41. The molecule has 1 saturated carbocycles. The summed E-state index contributed by atoms with van der Waals surface area (Å²) < 4.78 is 12.8. The summed E-state index contributed by atoms with van der Waals surface area (Å²) >= 11 is 0. The van der Waals surface area contributed by atoms with Gasteiger partial charge >= 0.3 is 5.97 Å². The standard InChI is InChI=1S/C23H26N6O7/c24-5-3-15(29-9-12(8-28-29)16-14-4-6-25-21(14)27-10-26-16)11-1-2-13(7-11)35-23-19(32)17(30)18(31)20(36-23)22(33)34/h4,6,8-11,13,15,17-20,23,30-32H,1-3,7H2,(H,33,34)(H,25,26,27). The Morgan fingerprint density at radius 1 is 1.28 bits per heavy atom. The van der Waals surface area contributed by atoms with Crippen LogP contribution in [0, 0.1) is 17.2 Å². The number of aromatic amines is 1. The Balaban J connectivity index is 1.29. The molecular formula is C23H26N6O7.